The first-order chi connectivity index (χ1) is 13.1. The van der Waals surface area contributed by atoms with Gasteiger partial charge in [0.05, 0.1) is 5.52 Å². The third-order valence-electron chi connectivity index (χ3n) is 4.51. The molecular formula is C20H15N5OS. The number of thiazole rings is 1. The molecule has 5 rings (SSSR count). The van der Waals surface area contributed by atoms with Crippen molar-refractivity contribution in [2.24, 2.45) is 0 Å². The summed E-state index contributed by atoms with van der Waals surface area (Å²) in [5.41, 5.74) is 4.18. The normalized spacial score (nSPS) is 12.4. The number of hydrogen-bond donors (Lipinski definition) is 0. The van der Waals surface area contributed by atoms with Crippen LogP contribution in [0.1, 0.15) is 5.56 Å². The molecule has 3 heterocycles. The maximum absolute atomic E-state index is 12.5. The predicted molar refractivity (Wildman–Crippen MR) is 109 cm³/mol. The minimum absolute atomic E-state index is 0.0661. The number of para-hydroxylation sites is 1. The summed E-state index contributed by atoms with van der Waals surface area (Å²) in [6.07, 6.45) is 1.85. The van der Waals surface area contributed by atoms with E-state index in [0.717, 1.165) is 33.5 Å². The Morgan fingerprint density at radius 1 is 1.04 bits per heavy atom. The van der Waals surface area contributed by atoms with Gasteiger partial charge in [0.15, 0.2) is 5.65 Å². The summed E-state index contributed by atoms with van der Waals surface area (Å²) in [4.78, 5) is 24.2. The molecule has 0 radical (unpaired) electrons. The average molecular weight is 373 g/mol. The van der Waals surface area contributed by atoms with E-state index in [0.29, 0.717) is 21.5 Å². The van der Waals surface area contributed by atoms with Crippen LogP contribution in [0, 0.1) is 0 Å². The van der Waals surface area contributed by atoms with E-state index in [1.54, 1.807) is 4.52 Å². The van der Waals surface area contributed by atoms with Gasteiger partial charge in [-0.15, -0.1) is 0 Å². The lowest BCUT2D eigenvalue weighted by molar-refractivity contribution is 0.918. The molecule has 3 aromatic heterocycles. The van der Waals surface area contributed by atoms with Gasteiger partial charge in [0.1, 0.15) is 10.9 Å². The van der Waals surface area contributed by atoms with Gasteiger partial charge < -0.3 is 4.90 Å². The number of fused-ring (bicyclic) bond motifs is 4. The van der Waals surface area contributed by atoms with Crippen molar-refractivity contribution in [2.45, 2.75) is 0 Å². The Bertz CT molecular complexity index is 1420. The summed E-state index contributed by atoms with van der Waals surface area (Å²) in [6, 6.07) is 15.8. The summed E-state index contributed by atoms with van der Waals surface area (Å²) < 4.78 is 1.56. The molecular weight excluding hydrogens is 358 g/mol. The fourth-order valence-corrected chi connectivity index (χ4v) is 3.88. The standard InChI is InChI=1S/C20H15N5OS/c1-24(2)13-9-7-12(8-10-13)11-16-19(26)27-20-22-18-17(23-25(16)20)14-5-3-4-6-15(14)21-18/h3-11H,1-2H3/b16-11+. The molecule has 6 nitrogen and oxygen atoms in total. The van der Waals surface area contributed by atoms with Crippen LogP contribution in [-0.4, -0.2) is 33.7 Å². The van der Waals surface area contributed by atoms with Crippen molar-refractivity contribution in [1.29, 1.82) is 0 Å². The highest BCUT2D eigenvalue weighted by Gasteiger charge is 2.12. The molecule has 0 spiro atoms. The van der Waals surface area contributed by atoms with Gasteiger partial charge in [0.2, 0.25) is 4.96 Å². The van der Waals surface area contributed by atoms with Crippen molar-refractivity contribution in [3.05, 3.63) is 69.0 Å². The number of benzene rings is 2. The van der Waals surface area contributed by atoms with Gasteiger partial charge in [-0.2, -0.15) is 10.1 Å². The monoisotopic (exact) mass is 373 g/mol. The molecule has 2 aromatic carbocycles. The fraction of sp³-hybridized carbons (Fsp3) is 0.100. The van der Waals surface area contributed by atoms with E-state index in [4.69, 9.17) is 5.10 Å². The second-order valence-corrected chi connectivity index (χ2v) is 7.45. The Labute approximate surface area is 158 Å². The van der Waals surface area contributed by atoms with Crippen LogP contribution in [0.5, 0.6) is 0 Å². The quantitative estimate of drug-likeness (QED) is 0.476. The Morgan fingerprint density at radius 3 is 2.59 bits per heavy atom. The number of nitrogens with zero attached hydrogens (tertiary/aromatic N) is 5. The number of aromatic nitrogens is 4. The topological polar surface area (TPSA) is 63.4 Å². The second kappa shape index (κ2) is 5.85. The van der Waals surface area contributed by atoms with Crippen molar-refractivity contribution in [3.8, 4) is 0 Å². The van der Waals surface area contributed by atoms with E-state index in [2.05, 4.69) is 9.97 Å². The van der Waals surface area contributed by atoms with E-state index in [1.807, 2.05) is 73.6 Å². The summed E-state index contributed by atoms with van der Waals surface area (Å²) >= 11 is 1.09. The zero-order valence-electron chi connectivity index (χ0n) is 14.7. The highest BCUT2D eigenvalue weighted by molar-refractivity contribution is 7.14. The van der Waals surface area contributed by atoms with Crippen LogP contribution in [0.2, 0.25) is 0 Å². The zero-order chi connectivity index (χ0) is 18.5. The molecule has 0 unspecified atom stereocenters. The summed E-state index contributed by atoms with van der Waals surface area (Å²) in [5.74, 6) is 0. The van der Waals surface area contributed by atoms with Crippen LogP contribution in [0.15, 0.2) is 53.3 Å². The lowest BCUT2D eigenvalue weighted by atomic mass is 10.2. The van der Waals surface area contributed by atoms with Crippen molar-refractivity contribution in [2.75, 3.05) is 19.0 Å². The molecule has 0 bridgehead atoms. The highest BCUT2D eigenvalue weighted by Crippen LogP contribution is 2.22. The molecule has 0 saturated carbocycles. The molecule has 5 aromatic rings. The lowest BCUT2D eigenvalue weighted by Gasteiger charge is -2.11. The SMILES string of the molecule is CN(C)c1ccc(/C=c2\c(=O)sc3nc4nc5ccccc5c4nn23)cc1. The zero-order valence-corrected chi connectivity index (χ0v) is 15.6. The third-order valence-corrected chi connectivity index (χ3v) is 5.36. The largest absolute Gasteiger partial charge is 0.378 e. The van der Waals surface area contributed by atoms with Crippen LogP contribution < -0.4 is 15.0 Å². The Kier molecular flexibility index (Phi) is 3.45. The van der Waals surface area contributed by atoms with E-state index >= 15 is 0 Å². The summed E-state index contributed by atoms with van der Waals surface area (Å²) in [6.45, 7) is 0. The van der Waals surface area contributed by atoms with Gasteiger partial charge >= 0.3 is 0 Å². The van der Waals surface area contributed by atoms with E-state index in [1.165, 1.54) is 0 Å². The van der Waals surface area contributed by atoms with E-state index in [-0.39, 0.29) is 4.74 Å². The lowest BCUT2D eigenvalue weighted by Crippen LogP contribution is -2.25. The number of anilines is 1. The summed E-state index contributed by atoms with van der Waals surface area (Å²) in [5, 5.41) is 6.14. The van der Waals surface area contributed by atoms with Gasteiger partial charge in [0.25, 0.3) is 4.74 Å². The molecule has 0 fully saturated rings. The highest BCUT2D eigenvalue weighted by atomic mass is 32.1. The maximum Gasteiger partial charge on any atom is 0.261 e. The first kappa shape index (κ1) is 15.9. The molecule has 0 N–H and O–H groups in total. The first-order valence-corrected chi connectivity index (χ1v) is 9.29. The average Bonchev–Trinajstić information content (AvgIpc) is 3.17. The van der Waals surface area contributed by atoms with Crippen LogP contribution in [0.3, 0.4) is 0 Å². The molecule has 0 aliphatic carbocycles. The van der Waals surface area contributed by atoms with Crippen molar-refractivity contribution in [1.82, 2.24) is 19.6 Å². The molecule has 0 atom stereocenters. The number of rotatable bonds is 2. The van der Waals surface area contributed by atoms with Crippen molar-refractivity contribution < 1.29 is 0 Å². The molecule has 0 aliphatic rings. The minimum atomic E-state index is -0.0661. The Balaban J connectivity index is 1.77. The fourth-order valence-electron chi connectivity index (χ4n) is 3.11. The van der Waals surface area contributed by atoms with Crippen LogP contribution in [-0.2, 0) is 0 Å². The van der Waals surface area contributed by atoms with Crippen molar-refractivity contribution >= 4 is 50.1 Å². The van der Waals surface area contributed by atoms with Crippen molar-refractivity contribution in [3.63, 3.8) is 0 Å². The first-order valence-electron chi connectivity index (χ1n) is 8.47. The van der Waals surface area contributed by atoms with Gasteiger partial charge in [-0.25, -0.2) is 9.50 Å². The second-order valence-electron chi connectivity index (χ2n) is 6.51. The van der Waals surface area contributed by atoms with Crippen LogP contribution in [0.4, 0.5) is 5.69 Å². The van der Waals surface area contributed by atoms with Gasteiger partial charge in [-0.3, -0.25) is 4.79 Å². The third kappa shape index (κ3) is 2.55. The van der Waals surface area contributed by atoms with E-state index < -0.39 is 0 Å². The minimum Gasteiger partial charge on any atom is -0.378 e. The molecule has 0 aliphatic heterocycles. The van der Waals surface area contributed by atoms with Gasteiger partial charge in [-0.05, 0) is 29.8 Å². The predicted octanol–water partition coefficient (Wildman–Crippen LogP) is 2.47. The van der Waals surface area contributed by atoms with Gasteiger partial charge in [0, 0.05) is 25.2 Å². The van der Waals surface area contributed by atoms with E-state index in [9.17, 15) is 4.79 Å². The molecule has 7 heteroatoms. The smallest absolute Gasteiger partial charge is 0.261 e. The molecule has 132 valence electrons. The maximum atomic E-state index is 12.5. The molecule has 0 amide bonds. The Morgan fingerprint density at radius 2 is 1.81 bits per heavy atom. The molecule has 27 heavy (non-hydrogen) atoms. The molecule has 0 saturated heterocycles. The number of hydrogen-bond acceptors (Lipinski definition) is 6. The van der Waals surface area contributed by atoms with Gasteiger partial charge in [-0.1, -0.05) is 41.7 Å². The van der Waals surface area contributed by atoms with Crippen LogP contribution >= 0.6 is 11.3 Å². The summed E-state index contributed by atoms with van der Waals surface area (Å²) in [7, 11) is 3.99. The Hall–Kier alpha value is -3.32. The van der Waals surface area contributed by atoms with Crippen LogP contribution in [0.25, 0.3) is 33.1 Å².